The Hall–Kier alpha value is -3.19. The molecule has 7 heteroatoms. The average Bonchev–Trinajstić information content (AvgIpc) is 2.83. The summed E-state index contributed by atoms with van der Waals surface area (Å²) < 4.78 is 0. The van der Waals surface area contributed by atoms with E-state index in [0.717, 1.165) is 49.5 Å². The van der Waals surface area contributed by atoms with Gasteiger partial charge in [0.2, 0.25) is 11.8 Å². The van der Waals surface area contributed by atoms with Crippen LogP contribution in [0.1, 0.15) is 50.7 Å². The molecule has 6 nitrogen and oxygen atoms in total. The zero-order chi connectivity index (χ0) is 24.5. The number of hydrogen-bond donors (Lipinski definition) is 2. The standard InChI is InChI=1S/C27H34N4O2S/c1-4-5-26(33)31-18-16-30(17-19-31)24-13-11-23(12-14-24)28-27(34)29-25(32)15-8-21-6-9-22(10-7-21)20(2)3/h6-15,20H,4-5,16-19H2,1-3H3,(H2,28,29,32,34). The van der Waals surface area contributed by atoms with Gasteiger partial charge in [0, 0.05) is 50.1 Å². The molecule has 2 amide bonds. The fraction of sp³-hybridized carbons (Fsp3) is 0.370. The lowest BCUT2D eigenvalue weighted by molar-refractivity contribution is -0.131. The summed E-state index contributed by atoms with van der Waals surface area (Å²) in [5.41, 5.74) is 4.14. The molecule has 1 aliphatic rings. The highest BCUT2D eigenvalue weighted by molar-refractivity contribution is 7.80. The first-order chi connectivity index (χ1) is 16.4. The van der Waals surface area contributed by atoms with Crippen LogP contribution in [0.4, 0.5) is 11.4 Å². The number of hydrogen-bond acceptors (Lipinski definition) is 4. The maximum Gasteiger partial charge on any atom is 0.250 e. The van der Waals surface area contributed by atoms with Crippen molar-refractivity contribution < 1.29 is 9.59 Å². The smallest absolute Gasteiger partial charge is 0.250 e. The van der Waals surface area contributed by atoms with E-state index >= 15 is 0 Å². The predicted molar refractivity (Wildman–Crippen MR) is 144 cm³/mol. The first-order valence-corrected chi connectivity index (χ1v) is 12.3. The number of carbonyl (C=O) groups is 2. The van der Waals surface area contributed by atoms with Gasteiger partial charge in [0.1, 0.15) is 0 Å². The molecule has 1 aliphatic heterocycles. The molecule has 0 aliphatic carbocycles. The number of nitrogens with one attached hydrogen (secondary N) is 2. The summed E-state index contributed by atoms with van der Waals surface area (Å²) in [7, 11) is 0. The van der Waals surface area contributed by atoms with Crippen molar-refractivity contribution in [3.8, 4) is 0 Å². The van der Waals surface area contributed by atoms with Gasteiger partial charge < -0.3 is 15.1 Å². The van der Waals surface area contributed by atoms with Crippen LogP contribution in [-0.2, 0) is 9.59 Å². The van der Waals surface area contributed by atoms with Crippen LogP contribution in [-0.4, -0.2) is 48.0 Å². The summed E-state index contributed by atoms with van der Waals surface area (Å²) in [5.74, 6) is 0.443. The number of thiocarbonyl (C=S) groups is 1. The van der Waals surface area contributed by atoms with E-state index in [4.69, 9.17) is 12.2 Å². The second kappa shape index (κ2) is 12.3. The van der Waals surface area contributed by atoms with Crippen molar-refractivity contribution in [2.75, 3.05) is 36.4 Å². The molecule has 0 unspecified atom stereocenters. The van der Waals surface area contributed by atoms with Gasteiger partial charge in [-0.05, 0) is 66.0 Å². The van der Waals surface area contributed by atoms with Gasteiger partial charge in [0.25, 0.3) is 0 Å². The maximum absolute atomic E-state index is 12.2. The number of rotatable bonds is 7. The monoisotopic (exact) mass is 478 g/mol. The fourth-order valence-electron chi connectivity index (χ4n) is 3.82. The first kappa shape index (κ1) is 25.4. The number of anilines is 2. The van der Waals surface area contributed by atoms with Gasteiger partial charge in [-0.25, -0.2) is 0 Å². The molecule has 2 aromatic carbocycles. The van der Waals surface area contributed by atoms with Crippen molar-refractivity contribution >= 4 is 46.6 Å². The van der Waals surface area contributed by atoms with Crippen molar-refractivity contribution in [1.82, 2.24) is 10.2 Å². The van der Waals surface area contributed by atoms with E-state index in [1.807, 2.05) is 48.2 Å². The third-order valence-corrected chi connectivity index (χ3v) is 6.06. The molecule has 3 rings (SSSR count). The van der Waals surface area contributed by atoms with E-state index in [2.05, 4.69) is 41.5 Å². The number of carbonyl (C=O) groups excluding carboxylic acids is 2. The van der Waals surface area contributed by atoms with Gasteiger partial charge in [-0.1, -0.05) is 45.0 Å². The second-order valence-electron chi connectivity index (χ2n) is 8.76. The predicted octanol–water partition coefficient (Wildman–Crippen LogP) is 4.79. The lowest BCUT2D eigenvalue weighted by Gasteiger charge is -2.36. The molecule has 0 aromatic heterocycles. The lowest BCUT2D eigenvalue weighted by atomic mass is 10.0. The minimum Gasteiger partial charge on any atom is -0.368 e. The van der Waals surface area contributed by atoms with Gasteiger partial charge in [-0.3, -0.25) is 14.9 Å². The summed E-state index contributed by atoms with van der Waals surface area (Å²) in [6.07, 6.45) is 4.76. The maximum atomic E-state index is 12.2. The molecule has 34 heavy (non-hydrogen) atoms. The third kappa shape index (κ3) is 7.42. The molecule has 0 saturated carbocycles. The second-order valence-corrected chi connectivity index (χ2v) is 9.17. The van der Waals surface area contributed by atoms with Crippen molar-refractivity contribution in [3.05, 3.63) is 65.7 Å². The highest BCUT2D eigenvalue weighted by Gasteiger charge is 2.20. The van der Waals surface area contributed by atoms with Crippen molar-refractivity contribution in [1.29, 1.82) is 0 Å². The molecular weight excluding hydrogens is 444 g/mol. The summed E-state index contributed by atoms with van der Waals surface area (Å²) in [6.45, 7) is 9.49. The van der Waals surface area contributed by atoms with E-state index in [9.17, 15) is 9.59 Å². The summed E-state index contributed by atoms with van der Waals surface area (Å²) in [5, 5.41) is 5.98. The molecule has 0 spiro atoms. The topological polar surface area (TPSA) is 64.7 Å². The molecule has 0 bridgehead atoms. The van der Waals surface area contributed by atoms with Crippen LogP contribution >= 0.6 is 12.2 Å². The van der Waals surface area contributed by atoms with E-state index in [1.165, 1.54) is 11.6 Å². The Balaban J connectivity index is 1.45. The van der Waals surface area contributed by atoms with Gasteiger partial charge >= 0.3 is 0 Å². The highest BCUT2D eigenvalue weighted by Crippen LogP contribution is 2.20. The SMILES string of the molecule is CCCC(=O)N1CCN(c2ccc(NC(=S)NC(=O)C=Cc3ccc(C(C)C)cc3)cc2)CC1. The van der Waals surface area contributed by atoms with Gasteiger partial charge in [0.15, 0.2) is 5.11 Å². The largest absolute Gasteiger partial charge is 0.368 e. The molecular formula is C27H34N4O2S. The van der Waals surface area contributed by atoms with Gasteiger partial charge in [-0.2, -0.15) is 0 Å². The molecule has 1 saturated heterocycles. The normalized spacial score (nSPS) is 13.9. The van der Waals surface area contributed by atoms with E-state index < -0.39 is 0 Å². The average molecular weight is 479 g/mol. The minimum atomic E-state index is -0.280. The molecule has 2 aromatic rings. The Kier molecular flexibility index (Phi) is 9.22. The van der Waals surface area contributed by atoms with Crippen LogP contribution in [0.15, 0.2) is 54.6 Å². The fourth-order valence-corrected chi connectivity index (χ4v) is 4.04. The number of piperazine rings is 1. The van der Waals surface area contributed by atoms with E-state index in [-0.39, 0.29) is 16.9 Å². The number of benzene rings is 2. The number of nitrogens with zero attached hydrogens (tertiary/aromatic N) is 2. The molecule has 1 fully saturated rings. The lowest BCUT2D eigenvalue weighted by Crippen LogP contribution is -2.48. The molecule has 1 heterocycles. The van der Waals surface area contributed by atoms with E-state index in [1.54, 1.807) is 6.08 Å². The van der Waals surface area contributed by atoms with Crippen LogP contribution in [0.3, 0.4) is 0 Å². The Labute approximate surface area is 208 Å². The Morgan fingerprint density at radius 3 is 2.24 bits per heavy atom. The summed E-state index contributed by atoms with van der Waals surface area (Å²) >= 11 is 5.28. The number of amides is 2. The molecule has 0 radical (unpaired) electrons. The molecule has 180 valence electrons. The van der Waals surface area contributed by atoms with Crippen molar-refractivity contribution in [2.45, 2.75) is 39.5 Å². The van der Waals surface area contributed by atoms with Gasteiger partial charge in [-0.15, -0.1) is 0 Å². The molecule has 2 N–H and O–H groups in total. The first-order valence-electron chi connectivity index (χ1n) is 11.9. The van der Waals surface area contributed by atoms with Crippen molar-refractivity contribution in [2.24, 2.45) is 0 Å². The van der Waals surface area contributed by atoms with Crippen LogP contribution in [0.25, 0.3) is 6.08 Å². The van der Waals surface area contributed by atoms with Gasteiger partial charge in [0.05, 0.1) is 0 Å². The van der Waals surface area contributed by atoms with Crippen LogP contribution < -0.4 is 15.5 Å². The summed E-state index contributed by atoms with van der Waals surface area (Å²) in [4.78, 5) is 28.5. The third-order valence-electron chi connectivity index (χ3n) is 5.85. The zero-order valence-corrected chi connectivity index (χ0v) is 21.0. The zero-order valence-electron chi connectivity index (χ0n) is 20.2. The Bertz CT molecular complexity index is 1010. The van der Waals surface area contributed by atoms with Crippen molar-refractivity contribution in [3.63, 3.8) is 0 Å². The van der Waals surface area contributed by atoms with Crippen LogP contribution in [0.2, 0.25) is 0 Å². The Morgan fingerprint density at radius 2 is 1.65 bits per heavy atom. The molecule has 0 atom stereocenters. The summed E-state index contributed by atoms with van der Waals surface area (Å²) in [6, 6.07) is 16.1. The minimum absolute atomic E-state index is 0.246. The quantitative estimate of drug-likeness (QED) is 0.443. The van der Waals surface area contributed by atoms with Crippen LogP contribution in [0, 0.1) is 0 Å². The van der Waals surface area contributed by atoms with Crippen LogP contribution in [0.5, 0.6) is 0 Å². The highest BCUT2D eigenvalue weighted by atomic mass is 32.1. The van der Waals surface area contributed by atoms with E-state index in [0.29, 0.717) is 12.3 Å². The Morgan fingerprint density at radius 1 is 1.00 bits per heavy atom.